The summed E-state index contributed by atoms with van der Waals surface area (Å²) in [7, 11) is 1.51. The Bertz CT molecular complexity index is 1410. The van der Waals surface area contributed by atoms with Crippen molar-refractivity contribution in [1.82, 2.24) is 15.3 Å². The summed E-state index contributed by atoms with van der Waals surface area (Å²) in [5, 5.41) is 22.7. The number of ether oxygens (including phenoxy) is 2. The molecule has 0 bridgehead atoms. The minimum absolute atomic E-state index is 0.108. The summed E-state index contributed by atoms with van der Waals surface area (Å²) in [4.78, 5) is 10.6. The molecule has 2 fully saturated rings. The number of nitrogens with zero attached hydrogens (tertiary/aromatic N) is 4. The maximum atomic E-state index is 9.80. The zero-order chi connectivity index (χ0) is 26.3. The van der Waals surface area contributed by atoms with Crippen LogP contribution in [-0.2, 0) is 0 Å². The number of hydrogen-bond donors (Lipinski definition) is 3. The first-order chi connectivity index (χ1) is 17.7. The molecule has 2 aliphatic heterocycles. The van der Waals surface area contributed by atoms with Crippen molar-refractivity contribution in [1.29, 1.82) is 10.7 Å². The fourth-order valence-corrected chi connectivity index (χ4v) is 5.47. The lowest BCUT2D eigenvalue weighted by molar-refractivity contribution is 0.120. The monoisotopic (exact) mass is 537 g/mol. The fraction of sp³-hybridized carbons (Fsp3) is 0.308. The van der Waals surface area contributed by atoms with Crippen molar-refractivity contribution in [2.45, 2.75) is 13.0 Å². The standard InChI is InChI=1S/C26H25Cl2N7O2/c1-14(23-18(27)8-32-9-19(23)28)37-22-4-17(20(30)5-21(22)36-2)24(31)16-3-15(6-29)25(34-7-16)35-12-26(13-35)10-33-11-26/h3-5,7-9,14,31,33H,10-13,30H2,1-2H3/t14-/m1/s1. The van der Waals surface area contributed by atoms with Crippen molar-refractivity contribution < 1.29 is 9.47 Å². The lowest BCUT2D eigenvalue weighted by Crippen LogP contribution is -2.71. The van der Waals surface area contributed by atoms with Gasteiger partial charge in [-0.25, -0.2) is 4.98 Å². The molecule has 1 atom stereocenters. The minimum atomic E-state index is -0.542. The van der Waals surface area contributed by atoms with Crippen LogP contribution in [0.3, 0.4) is 0 Å². The van der Waals surface area contributed by atoms with E-state index < -0.39 is 6.10 Å². The molecule has 0 amide bonds. The van der Waals surface area contributed by atoms with Crippen LogP contribution in [0.4, 0.5) is 11.5 Å². The second-order valence-corrected chi connectivity index (χ2v) is 10.2. The number of nitrogens with two attached hydrogens (primary N) is 1. The van der Waals surface area contributed by atoms with Crippen molar-refractivity contribution in [2.24, 2.45) is 5.41 Å². The molecular weight excluding hydrogens is 513 g/mol. The van der Waals surface area contributed by atoms with Gasteiger partial charge in [0.25, 0.3) is 0 Å². The highest BCUT2D eigenvalue weighted by Crippen LogP contribution is 2.40. The Morgan fingerprint density at radius 2 is 1.89 bits per heavy atom. The van der Waals surface area contributed by atoms with Crippen LogP contribution in [0.1, 0.15) is 35.3 Å². The number of aromatic nitrogens is 2. The normalized spacial score (nSPS) is 16.4. The smallest absolute Gasteiger partial charge is 0.162 e. The Morgan fingerprint density at radius 3 is 2.49 bits per heavy atom. The molecule has 1 aromatic carbocycles. The number of anilines is 2. The molecule has 0 radical (unpaired) electrons. The van der Waals surface area contributed by atoms with Crippen molar-refractivity contribution in [3.05, 3.63) is 69.1 Å². The summed E-state index contributed by atoms with van der Waals surface area (Å²) < 4.78 is 11.6. The van der Waals surface area contributed by atoms with E-state index in [1.807, 2.05) is 0 Å². The predicted molar refractivity (Wildman–Crippen MR) is 143 cm³/mol. The number of methoxy groups -OCH3 is 1. The maximum absolute atomic E-state index is 9.80. The lowest BCUT2D eigenvalue weighted by atomic mass is 9.74. The van der Waals surface area contributed by atoms with Gasteiger partial charge in [0.05, 0.1) is 28.4 Å². The van der Waals surface area contributed by atoms with Gasteiger partial charge in [-0.05, 0) is 19.1 Å². The largest absolute Gasteiger partial charge is 0.493 e. The van der Waals surface area contributed by atoms with Crippen molar-refractivity contribution >= 4 is 40.4 Å². The van der Waals surface area contributed by atoms with Crippen LogP contribution >= 0.6 is 23.2 Å². The third-order valence-electron chi connectivity index (χ3n) is 6.83. The summed E-state index contributed by atoms with van der Waals surface area (Å²) in [5.74, 6) is 1.40. The number of benzene rings is 1. The average molecular weight is 538 g/mol. The molecule has 2 saturated heterocycles. The quantitative estimate of drug-likeness (QED) is 0.301. The first-order valence-electron chi connectivity index (χ1n) is 11.6. The molecule has 4 heterocycles. The number of nitrogens with one attached hydrogen (secondary N) is 2. The zero-order valence-corrected chi connectivity index (χ0v) is 21.8. The Balaban J connectivity index is 1.43. The number of nitriles is 1. The number of pyridine rings is 2. The molecule has 2 aromatic heterocycles. The number of rotatable bonds is 7. The predicted octanol–water partition coefficient (Wildman–Crippen LogP) is 4.21. The second kappa shape index (κ2) is 9.71. The Morgan fingerprint density at radius 1 is 1.19 bits per heavy atom. The van der Waals surface area contributed by atoms with Gasteiger partial charge in [-0.3, -0.25) is 10.4 Å². The Labute approximate surface area is 224 Å². The molecule has 3 aromatic rings. The van der Waals surface area contributed by atoms with Gasteiger partial charge in [0, 0.05) is 78.6 Å². The third kappa shape index (κ3) is 4.53. The van der Waals surface area contributed by atoms with E-state index >= 15 is 0 Å². The van der Waals surface area contributed by atoms with Crippen LogP contribution in [0.2, 0.25) is 10.0 Å². The highest BCUT2D eigenvalue weighted by atomic mass is 35.5. The van der Waals surface area contributed by atoms with Crippen molar-refractivity contribution in [2.75, 3.05) is 43.9 Å². The Hall–Kier alpha value is -3.58. The van der Waals surface area contributed by atoms with Crippen LogP contribution in [0.15, 0.2) is 36.8 Å². The van der Waals surface area contributed by atoms with Gasteiger partial charge in [-0.1, -0.05) is 23.2 Å². The van der Waals surface area contributed by atoms with E-state index in [0.29, 0.717) is 60.7 Å². The zero-order valence-electron chi connectivity index (χ0n) is 20.3. The van der Waals surface area contributed by atoms with Crippen LogP contribution in [0, 0.1) is 22.2 Å². The number of halogens is 2. The summed E-state index contributed by atoms with van der Waals surface area (Å²) in [5.41, 5.74) is 8.92. The highest BCUT2D eigenvalue weighted by molar-refractivity contribution is 6.35. The van der Waals surface area contributed by atoms with E-state index in [1.54, 1.807) is 31.3 Å². The molecule has 190 valence electrons. The van der Waals surface area contributed by atoms with Crippen molar-refractivity contribution in [3.8, 4) is 17.6 Å². The maximum Gasteiger partial charge on any atom is 0.162 e. The SMILES string of the molecule is COc1cc(N)c(C(=N)c2cnc(N3CC4(CNC4)C3)c(C#N)c2)cc1O[C@H](C)c1c(Cl)cncc1Cl. The lowest BCUT2D eigenvalue weighted by Gasteiger charge is -2.56. The summed E-state index contributed by atoms with van der Waals surface area (Å²) in [6.45, 7) is 5.53. The average Bonchev–Trinajstić information content (AvgIpc) is 2.82. The molecular formula is C26H25Cl2N7O2. The van der Waals surface area contributed by atoms with Crippen molar-refractivity contribution in [3.63, 3.8) is 0 Å². The van der Waals surface area contributed by atoms with Gasteiger partial charge in [-0.15, -0.1) is 0 Å². The minimum Gasteiger partial charge on any atom is -0.493 e. The molecule has 1 spiro atoms. The van der Waals surface area contributed by atoms with Crippen LogP contribution in [0.25, 0.3) is 0 Å². The van der Waals surface area contributed by atoms with E-state index in [0.717, 1.165) is 26.2 Å². The fourth-order valence-electron chi connectivity index (χ4n) is 4.80. The molecule has 37 heavy (non-hydrogen) atoms. The van der Waals surface area contributed by atoms with Gasteiger partial charge in [0.1, 0.15) is 18.0 Å². The van der Waals surface area contributed by atoms with Crippen LogP contribution in [0.5, 0.6) is 11.5 Å². The second-order valence-electron chi connectivity index (χ2n) is 9.41. The van der Waals surface area contributed by atoms with E-state index in [4.69, 9.17) is 43.8 Å². The summed E-state index contributed by atoms with van der Waals surface area (Å²) >= 11 is 12.6. The van der Waals surface area contributed by atoms with Crippen LogP contribution in [-0.4, -0.2) is 49.0 Å². The van der Waals surface area contributed by atoms with E-state index in [1.165, 1.54) is 19.5 Å². The van der Waals surface area contributed by atoms with Crippen LogP contribution < -0.4 is 25.4 Å². The van der Waals surface area contributed by atoms with E-state index in [9.17, 15) is 5.26 Å². The molecule has 2 aliphatic rings. The number of nitrogen functional groups attached to an aromatic ring is 1. The molecule has 9 nitrogen and oxygen atoms in total. The van der Waals surface area contributed by atoms with Gasteiger partial charge in [0.2, 0.25) is 0 Å². The van der Waals surface area contributed by atoms with Gasteiger partial charge in [-0.2, -0.15) is 5.26 Å². The molecule has 4 N–H and O–H groups in total. The number of hydrogen-bond acceptors (Lipinski definition) is 9. The molecule has 0 saturated carbocycles. The summed E-state index contributed by atoms with van der Waals surface area (Å²) in [6.07, 6.45) is 4.05. The van der Waals surface area contributed by atoms with E-state index in [2.05, 4.69) is 26.3 Å². The van der Waals surface area contributed by atoms with Gasteiger partial charge >= 0.3 is 0 Å². The van der Waals surface area contributed by atoms with E-state index in [-0.39, 0.29) is 5.71 Å². The Kier molecular flexibility index (Phi) is 6.58. The molecule has 11 heteroatoms. The molecule has 0 unspecified atom stereocenters. The van der Waals surface area contributed by atoms with Gasteiger partial charge in [0.15, 0.2) is 11.5 Å². The highest BCUT2D eigenvalue weighted by Gasteiger charge is 2.48. The summed E-state index contributed by atoms with van der Waals surface area (Å²) in [6, 6.07) is 7.15. The first kappa shape index (κ1) is 25.1. The molecule has 0 aliphatic carbocycles. The first-order valence-corrected chi connectivity index (χ1v) is 12.4. The molecule has 5 rings (SSSR count). The third-order valence-corrected chi connectivity index (χ3v) is 7.44. The topological polar surface area (TPSA) is 133 Å². The van der Waals surface area contributed by atoms with Gasteiger partial charge < -0.3 is 25.4 Å².